The van der Waals surface area contributed by atoms with Gasteiger partial charge in [0.25, 0.3) is 0 Å². The van der Waals surface area contributed by atoms with E-state index in [-0.39, 0.29) is 0 Å². The summed E-state index contributed by atoms with van der Waals surface area (Å²) < 4.78 is 0. The molecule has 0 nitrogen and oxygen atoms in total. The van der Waals surface area contributed by atoms with Crippen LogP contribution in [0, 0.1) is 6.92 Å². The Bertz CT molecular complexity index is 1150. The lowest BCUT2D eigenvalue weighted by atomic mass is 9.89. The second kappa shape index (κ2) is 4.57. The summed E-state index contributed by atoms with van der Waals surface area (Å²) in [7, 11) is 0. The van der Waals surface area contributed by atoms with Gasteiger partial charge in [-0.3, -0.25) is 0 Å². The molecule has 0 radical (unpaired) electrons. The SMILES string of the molecule is Cc1ccc2ccc3c(-c4ccccc4)ccc4ccc1c2c43. The summed E-state index contributed by atoms with van der Waals surface area (Å²) in [6, 6.07) is 28.7. The molecule has 0 heteroatoms. The largest absolute Gasteiger partial charge is 0.0622 e. The lowest BCUT2D eigenvalue weighted by molar-refractivity contribution is 1.55. The highest BCUT2D eigenvalue weighted by Gasteiger charge is 2.12. The van der Waals surface area contributed by atoms with Crippen LogP contribution in [0.5, 0.6) is 0 Å². The highest BCUT2D eigenvalue weighted by atomic mass is 14.2. The third kappa shape index (κ3) is 1.72. The summed E-state index contributed by atoms with van der Waals surface area (Å²) in [5.41, 5.74) is 3.94. The van der Waals surface area contributed by atoms with Crippen molar-refractivity contribution in [1.29, 1.82) is 0 Å². The highest BCUT2D eigenvalue weighted by molar-refractivity contribution is 6.25. The first kappa shape index (κ1) is 12.7. The minimum Gasteiger partial charge on any atom is -0.0622 e. The molecule has 23 heavy (non-hydrogen) atoms. The van der Waals surface area contributed by atoms with E-state index >= 15 is 0 Å². The van der Waals surface area contributed by atoms with Crippen LogP contribution in [-0.2, 0) is 0 Å². The zero-order chi connectivity index (χ0) is 15.4. The van der Waals surface area contributed by atoms with Gasteiger partial charge in [-0.25, -0.2) is 0 Å². The second-order valence-electron chi connectivity index (χ2n) is 6.28. The number of aryl methyl sites for hydroxylation is 1. The molecule has 0 spiro atoms. The van der Waals surface area contributed by atoms with Crippen LogP contribution in [0.25, 0.3) is 43.4 Å². The first-order valence-electron chi connectivity index (χ1n) is 8.05. The molecule has 0 aromatic heterocycles. The van der Waals surface area contributed by atoms with Gasteiger partial charge < -0.3 is 0 Å². The quantitative estimate of drug-likeness (QED) is 0.307. The van der Waals surface area contributed by atoms with E-state index in [0.717, 1.165) is 0 Å². The van der Waals surface area contributed by atoms with Crippen molar-refractivity contribution >= 4 is 32.3 Å². The molecule has 5 aromatic rings. The summed E-state index contributed by atoms with van der Waals surface area (Å²) in [5, 5.41) is 8.16. The molecule has 0 N–H and O–H groups in total. The third-order valence-corrected chi connectivity index (χ3v) is 4.97. The van der Waals surface area contributed by atoms with Crippen molar-refractivity contribution in [3.63, 3.8) is 0 Å². The molecular formula is C23H16. The Balaban J connectivity index is 2.03. The highest BCUT2D eigenvalue weighted by Crippen LogP contribution is 2.39. The van der Waals surface area contributed by atoms with Crippen LogP contribution in [0.2, 0.25) is 0 Å². The molecule has 0 saturated carbocycles. The molecule has 0 heterocycles. The van der Waals surface area contributed by atoms with Gasteiger partial charge in [-0.2, -0.15) is 0 Å². The van der Waals surface area contributed by atoms with E-state index in [2.05, 4.69) is 85.8 Å². The number of hydrogen-bond acceptors (Lipinski definition) is 0. The van der Waals surface area contributed by atoms with Crippen molar-refractivity contribution in [1.82, 2.24) is 0 Å². The van der Waals surface area contributed by atoms with E-state index < -0.39 is 0 Å². The fourth-order valence-corrected chi connectivity index (χ4v) is 3.82. The van der Waals surface area contributed by atoms with Crippen LogP contribution in [-0.4, -0.2) is 0 Å². The van der Waals surface area contributed by atoms with Crippen LogP contribution < -0.4 is 0 Å². The van der Waals surface area contributed by atoms with E-state index in [9.17, 15) is 0 Å². The molecule has 5 aromatic carbocycles. The third-order valence-electron chi connectivity index (χ3n) is 4.97. The van der Waals surface area contributed by atoms with Crippen molar-refractivity contribution in [3.8, 4) is 11.1 Å². The molecule has 0 bridgehead atoms. The van der Waals surface area contributed by atoms with E-state index in [4.69, 9.17) is 0 Å². The van der Waals surface area contributed by atoms with Gasteiger partial charge in [0.05, 0.1) is 0 Å². The zero-order valence-electron chi connectivity index (χ0n) is 13.0. The van der Waals surface area contributed by atoms with Crippen LogP contribution in [0.4, 0.5) is 0 Å². The van der Waals surface area contributed by atoms with Gasteiger partial charge in [0.15, 0.2) is 0 Å². The molecular weight excluding hydrogens is 276 g/mol. The Morgan fingerprint density at radius 2 is 1.13 bits per heavy atom. The fourth-order valence-electron chi connectivity index (χ4n) is 3.82. The van der Waals surface area contributed by atoms with Gasteiger partial charge in [0.2, 0.25) is 0 Å². The van der Waals surface area contributed by atoms with Crippen LogP contribution in [0.15, 0.2) is 78.9 Å². The predicted molar refractivity (Wildman–Crippen MR) is 100 cm³/mol. The lowest BCUT2D eigenvalue weighted by Gasteiger charge is -2.15. The summed E-state index contributed by atoms with van der Waals surface area (Å²) >= 11 is 0. The van der Waals surface area contributed by atoms with Crippen molar-refractivity contribution in [2.75, 3.05) is 0 Å². The van der Waals surface area contributed by atoms with Crippen molar-refractivity contribution in [2.45, 2.75) is 6.92 Å². The first-order valence-corrected chi connectivity index (χ1v) is 8.05. The summed E-state index contributed by atoms with van der Waals surface area (Å²) in [6.45, 7) is 2.20. The first-order chi connectivity index (χ1) is 11.3. The smallest absolute Gasteiger partial charge is 0.00205 e. The molecule has 0 aliphatic rings. The zero-order valence-corrected chi connectivity index (χ0v) is 13.0. The standard InChI is InChI=1S/C23H16/c1-15-7-8-17-11-14-21-20(16-5-3-2-4-6-16)13-10-18-9-12-19(15)22(17)23(18)21/h2-14H,1H3. The Morgan fingerprint density at radius 3 is 1.91 bits per heavy atom. The average Bonchev–Trinajstić information content (AvgIpc) is 2.62. The minimum absolute atomic E-state index is 1.28. The van der Waals surface area contributed by atoms with Crippen LogP contribution >= 0.6 is 0 Å². The van der Waals surface area contributed by atoms with Crippen molar-refractivity contribution in [2.24, 2.45) is 0 Å². The second-order valence-corrected chi connectivity index (χ2v) is 6.28. The van der Waals surface area contributed by atoms with Gasteiger partial charge in [0.1, 0.15) is 0 Å². The maximum Gasteiger partial charge on any atom is -0.00205 e. The molecule has 0 amide bonds. The Morgan fingerprint density at radius 1 is 0.522 bits per heavy atom. The van der Waals surface area contributed by atoms with Gasteiger partial charge in [-0.1, -0.05) is 78.9 Å². The normalized spacial score (nSPS) is 11.7. The predicted octanol–water partition coefficient (Wildman–Crippen LogP) is 6.56. The van der Waals surface area contributed by atoms with E-state index in [0.29, 0.717) is 0 Å². The lowest BCUT2D eigenvalue weighted by Crippen LogP contribution is -1.88. The topological polar surface area (TPSA) is 0 Å². The van der Waals surface area contributed by atoms with Crippen molar-refractivity contribution in [3.05, 3.63) is 84.4 Å². The number of rotatable bonds is 1. The van der Waals surface area contributed by atoms with Crippen molar-refractivity contribution < 1.29 is 0 Å². The van der Waals surface area contributed by atoms with Gasteiger partial charge in [0, 0.05) is 0 Å². The monoisotopic (exact) mass is 292 g/mol. The van der Waals surface area contributed by atoms with Gasteiger partial charge >= 0.3 is 0 Å². The molecule has 0 saturated heterocycles. The molecule has 0 aliphatic heterocycles. The van der Waals surface area contributed by atoms with E-state index in [1.165, 1.54) is 49.0 Å². The fraction of sp³-hybridized carbons (Fsp3) is 0.0435. The van der Waals surface area contributed by atoms with Crippen LogP contribution in [0.3, 0.4) is 0 Å². The maximum absolute atomic E-state index is 2.28. The molecule has 0 atom stereocenters. The summed E-state index contributed by atoms with van der Waals surface area (Å²) in [4.78, 5) is 0. The summed E-state index contributed by atoms with van der Waals surface area (Å²) in [5.74, 6) is 0. The Labute approximate surface area is 135 Å². The summed E-state index contributed by atoms with van der Waals surface area (Å²) in [6.07, 6.45) is 0. The Kier molecular flexibility index (Phi) is 2.51. The number of hydrogen-bond donors (Lipinski definition) is 0. The molecule has 108 valence electrons. The minimum atomic E-state index is 1.28. The average molecular weight is 292 g/mol. The number of benzene rings is 5. The van der Waals surface area contributed by atoms with E-state index in [1.807, 2.05) is 0 Å². The Hall–Kier alpha value is -2.86. The van der Waals surface area contributed by atoms with E-state index in [1.54, 1.807) is 0 Å². The molecule has 5 rings (SSSR count). The molecule has 0 aliphatic carbocycles. The van der Waals surface area contributed by atoms with Crippen LogP contribution in [0.1, 0.15) is 5.56 Å². The molecule has 0 fully saturated rings. The molecule has 0 unspecified atom stereocenters. The van der Waals surface area contributed by atoms with Gasteiger partial charge in [-0.05, 0) is 55.9 Å². The van der Waals surface area contributed by atoms with Gasteiger partial charge in [-0.15, -0.1) is 0 Å². The maximum atomic E-state index is 2.28.